The largest absolute Gasteiger partial charge is 0.308 e. The minimum absolute atomic E-state index is 1.20. The summed E-state index contributed by atoms with van der Waals surface area (Å²) < 4.78 is 7.68. The maximum absolute atomic E-state index is 2.57. The van der Waals surface area contributed by atoms with Crippen molar-refractivity contribution in [3.63, 3.8) is 0 Å². The smallest absolute Gasteiger partial charge is 0.0620 e. The van der Waals surface area contributed by atoms with E-state index < -0.39 is 0 Å². The lowest BCUT2D eigenvalue weighted by Gasteiger charge is -2.12. The first kappa shape index (κ1) is 63.1. The number of fused-ring (bicyclic) bond motifs is 24. The third-order valence-electron chi connectivity index (χ3n) is 26.4. The van der Waals surface area contributed by atoms with E-state index in [0.717, 1.165) is 0 Å². The Hall–Kier alpha value is -15.4. The first-order valence-corrected chi connectivity index (χ1v) is 40.7. The van der Waals surface area contributed by atoms with Crippen molar-refractivity contribution < 1.29 is 0 Å². The average Bonchev–Trinajstić information content (AvgIpc) is 1.53. The molecule has 27 rings (SSSR count). The van der Waals surface area contributed by atoms with Crippen molar-refractivity contribution in [3.8, 4) is 89.0 Å². The van der Waals surface area contributed by atoms with Crippen LogP contribution in [0.1, 0.15) is 0 Å². The standard InChI is InChI=1S/C114H65N3/c1-5-19-66(20-6-1)70-35-37-71(38-36-70)88-54-100-94-48-72-27-13-15-29-74(72)58-106(94)116-110-62-78-31-17-33-90(92(78)64-98(110)104(55-88)113(100)116)80-41-39-76-60-108-96(50-85(76)43-80)101-52-87(69-25-11-4-12-26-69)53-102-97-51-86-44-81(42-40-77(86)61-109(97)115(108)112(101)102)91-34-18-32-79-63-111-99(65-93(79)91)105-57-89(56-103-95-49-73-28-14-16-30-75(73)59-107(95)117(111)114(103)105)84-46-82(67-21-7-2-8-22-67)45-83(47-84)68-23-9-3-10-24-68/h1-65H. The highest BCUT2D eigenvalue weighted by Crippen LogP contribution is 2.51. The number of aromatic nitrogens is 3. The number of hydrogen-bond donors (Lipinski definition) is 0. The van der Waals surface area contributed by atoms with Crippen LogP contribution in [0.5, 0.6) is 0 Å². The zero-order chi connectivity index (χ0) is 76.0. The maximum Gasteiger partial charge on any atom is 0.0620 e. The van der Waals surface area contributed by atoms with Gasteiger partial charge in [0.05, 0.1) is 49.7 Å². The van der Waals surface area contributed by atoms with Gasteiger partial charge in [-0.2, -0.15) is 0 Å². The Labute approximate surface area is 670 Å². The summed E-state index contributed by atoms with van der Waals surface area (Å²) in [4.78, 5) is 0. The quantitative estimate of drug-likeness (QED) is 0.144. The highest BCUT2D eigenvalue weighted by Gasteiger charge is 2.27. The van der Waals surface area contributed by atoms with E-state index >= 15 is 0 Å². The Morgan fingerprint density at radius 3 is 0.692 bits per heavy atom. The molecule has 536 valence electrons. The predicted molar refractivity (Wildman–Crippen MR) is 499 cm³/mol. The number of nitrogens with zero attached hydrogens (tertiary/aromatic N) is 3. The van der Waals surface area contributed by atoms with Gasteiger partial charge in [-0.15, -0.1) is 0 Å². The third-order valence-corrected chi connectivity index (χ3v) is 26.4. The number of benzene rings is 21. The second kappa shape index (κ2) is 23.6. The lowest BCUT2D eigenvalue weighted by molar-refractivity contribution is 1.38. The van der Waals surface area contributed by atoms with Crippen molar-refractivity contribution in [2.75, 3.05) is 0 Å². The van der Waals surface area contributed by atoms with E-state index in [9.17, 15) is 0 Å². The molecule has 21 aromatic carbocycles. The molecule has 0 saturated heterocycles. The first-order valence-electron chi connectivity index (χ1n) is 40.7. The van der Waals surface area contributed by atoms with Gasteiger partial charge in [0.1, 0.15) is 0 Å². The normalized spacial score (nSPS) is 12.4. The maximum atomic E-state index is 2.57. The summed E-state index contributed by atoms with van der Waals surface area (Å²) in [5.41, 5.74) is 30.5. The van der Waals surface area contributed by atoms with Gasteiger partial charge in [-0.05, 0) is 293 Å². The van der Waals surface area contributed by atoms with Crippen LogP contribution in [0.2, 0.25) is 0 Å². The van der Waals surface area contributed by atoms with E-state index in [-0.39, 0.29) is 0 Å². The van der Waals surface area contributed by atoms with Gasteiger partial charge in [0.2, 0.25) is 0 Å². The molecule has 0 spiro atoms. The van der Waals surface area contributed by atoms with Crippen molar-refractivity contribution in [2.45, 2.75) is 0 Å². The van der Waals surface area contributed by atoms with Crippen LogP contribution in [0.4, 0.5) is 0 Å². The molecule has 27 aromatic rings. The fourth-order valence-corrected chi connectivity index (χ4v) is 20.9. The van der Waals surface area contributed by atoms with Gasteiger partial charge in [0, 0.05) is 64.6 Å². The Balaban J connectivity index is 0.608. The van der Waals surface area contributed by atoms with E-state index in [2.05, 4.69) is 408 Å². The molecule has 0 amide bonds. The third kappa shape index (κ3) is 9.16. The van der Waals surface area contributed by atoms with Crippen molar-refractivity contribution in [3.05, 3.63) is 394 Å². The Bertz CT molecular complexity index is 8900. The summed E-state index contributed by atoms with van der Waals surface area (Å²) in [6.45, 7) is 0. The molecule has 0 N–H and O–H groups in total. The van der Waals surface area contributed by atoms with Crippen molar-refractivity contribution in [1.29, 1.82) is 0 Å². The number of rotatable bonds is 8. The summed E-state index contributed by atoms with van der Waals surface area (Å²) in [5, 5.41) is 29.9. The first-order chi connectivity index (χ1) is 57.9. The molecule has 0 fully saturated rings. The van der Waals surface area contributed by atoms with E-state index in [0.29, 0.717) is 0 Å². The summed E-state index contributed by atoms with van der Waals surface area (Å²) in [5.74, 6) is 0. The summed E-state index contributed by atoms with van der Waals surface area (Å²) in [7, 11) is 0. The minimum atomic E-state index is 1.20. The van der Waals surface area contributed by atoms with Gasteiger partial charge >= 0.3 is 0 Å². The second-order valence-electron chi connectivity index (χ2n) is 32.7. The van der Waals surface area contributed by atoms with Gasteiger partial charge in [-0.3, -0.25) is 0 Å². The molecule has 6 aromatic heterocycles. The molecule has 0 radical (unpaired) electrons. The van der Waals surface area contributed by atoms with Crippen LogP contribution in [-0.4, -0.2) is 13.2 Å². The fraction of sp³-hybridized carbons (Fsp3) is 0. The van der Waals surface area contributed by atoms with Crippen LogP contribution >= 0.6 is 0 Å². The lowest BCUT2D eigenvalue weighted by atomic mass is 9.91. The highest BCUT2D eigenvalue weighted by atomic mass is 14.9. The summed E-state index contributed by atoms with van der Waals surface area (Å²) in [6, 6.07) is 150. The Kier molecular flexibility index (Phi) is 12.7. The SMILES string of the molecule is c1ccc(-c2ccc(-c3cc4c5cc6ccccc6cc5n5c6cc7cccc(-c8ccc9cc%10c(cc9c8)c8cc(-c9ccccc9)cc9c%11cc%12cc(-c%13cccc%14cc%15c(cc%13%14)c%13cc(-c%14cc(-c%16ccccc%16)cc(-c%16ccccc%16)c%14)cc%14c%16cc%17ccccc%17cc%16n%15c%14%13)ccc%12cc%11n%10c89)c7cc6c(c3)c45)cc2)cc1. The molecule has 6 heterocycles. The van der Waals surface area contributed by atoms with E-state index in [4.69, 9.17) is 0 Å². The predicted octanol–water partition coefficient (Wildman–Crippen LogP) is 31.4. The lowest BCUT2D eigenvalue weighted by Crippen LogP contribution is -1.87. The fourth-order valence-electron chi connectivity index (χ4n) is 20.9. The molecule has 3 heteroatoms. The molecule has 0 aliphatic carbocycles. The van der Waals surface area contributed by atoms with Gasteiger partial charge in [0.15, 0.2) is 0 Å². The van der Waals surface area contributed by atoms with Crippen molar-refractivity contribution >= 4 is 179 Å². The molecule has 117 heavy (non-hydrogen) atoms. The zero-order valence-electron chi connectivity index (χ0n) is 63.4. The van der Waals surface area contributed by atoms with Crippen LogP contribution in [-0.2, 0) is 0 Å². The van der Waals surface area contributed by atoms with Crippen LogP contribution in [0.15, 0.2) is 394 Å². The molecule has 0 aliphatic rings. The summed E-state index contributed by atoms with van der Waals surface area (Å²) in [6.07, 6.45) is 0. The van der Waals surface area contributed by atoms with Crippen LogP contribution in [0, 0.1) is 0 Å². The molecule has 0 aliphatic heterocycles. The average molecular weight is 1480 g/mol. The van der Waals surface area contributed by atoms with Crippen LogP contribution in [0.25, 0.3) is 268 Å². The van der Waals surface area contributed by atoms with Crippen LogP contribution < -0.4 is 0 Å². The van der Waals surface area contributed by atoms with Crippen molar-refractivity contribution in [1.82, 2.24) is 13.2 Å². The Morgan fingerprint density at radius 1 is 0.111 bits per heavy atom. The molecule has 0 bridgehead atoms. The highest BCUT2D eigenvalue weighted by molar-refractivity contribution is 6.31. The molecular weight excluding hydrogens is 1410 g/mol. The topological polar surface area (TPSA) is 13.2 Å². The molecule has 3 nitrogen and oxygen atoms in total. The molecule has 0 unspecified atom stereocenters. The van der Waals surface area contributed by atoms with Gasteiger partial charge in [-0.1, -0.05) is 255 Å². The number of hydrogen-bond acceptors (Lipinski definition) is 0. The Morgan fingerprint density at radius 2 is 0.342 bits per heavy atom. The molecule has 0 saturated carbocycles. The zero-order valence-corrected chi connectivity index (χ0v) is 63.4. The van der Waals surface area contributed by atoms with Gasteiger partial charge < -0.3 is 13.2 Å². The van der Waals surface area contributed by atoms with E-state index in [1.807, 2.05) is 0 Å². The van der Waals surface area contributed by atoms with Crippen molar-refractivity contribution in [2.24, 2.45) is 0 Å². The second-order valence-corrected chi connectivity index (χ2v) is 32.7. The van der Waals surface area contributed by atoms with Gasteiger partial charge in [0.25, 0.3) is 0 Å². The monoisotopic (exact) mass is 1480 g/mol. The molecule has 0 atom stereocenters. The van der Waals surface area contributed by atoms with E-state index in [1.165, 1.54) is 268 Å². The van der Waals surface area contributed by atoms with Gasteiger partial charge in [-0.25, -0.2) is 0 Å². The molecular formula is C114H65N3. The van der Waals surface area contributed by atoms with E-state index in [1.54, 1.807) is 0 Å². The minimum Gasteiger partial charge on any atom is -0.308 e. The summed E-state index contributed by atoms with van der Waals surface area (Å²) >= 11 is 0. The van der Waals surface area contributed by atoms with Crippen LogP contribution in [0.3, 0.4) is 0 Å².